The maximum absolute atomic E-state index is 12.5. The molecular formula is C15H23N3OS. The van der Waals surface area contributed by atoms with Gasteiger partial charge in [-0.15, -0.1) is 11.3 Å². The molecule has 5 heteroatoms. The van der Waals surface area contributed by atoms with Gasteiger partial charge in [0.25, 0.3) is 0 Å². The van der Waals surface area contributed by atoms with Gasteiger partial charge in [0.2, 0.25) is 5.91 Å². The fraction of sp³-hybridized carbons (Fsp3) is 0.733. The number of hydrogen-bond acceptors (Lipinski definition) is 4. The van der Waals surface area contributed by atoms with Crippen molar-refractivity contribution in [3.63, 3.8) is 0 Å². The maximum atomic E-state index is 12.5. The van der Waals surface area contributed by atoms with E-state index in [0.717, 1.165) is 50.9 Å². The molecule has 1 amide bonds. The van der Waals surface area contributed by atoms with Crippen LogP contribution in [0.2, 0.25) is 0 Å². The second-order valence-electron chi connectivity index (χ2n) is 6.29. The van der Waals surface area contributed by atoms with Crippen LogP contribution in [0.15, 0.2) is 0 Å². The van der Waals surface area contributed by atoms with Crippen LogP contribution >= 0.6 is 11.3 Å². The first kappa shape index (κ1) is 14.0. The summed E-state index contributed by atoms with van der Waals surface area (Å²) in [5, 5.41) is 1.19. The van der Waals surface area contributed by atoms with Crippen molar-refractivity contribution in [2.24, 2.45) is 5.73 Å². The molecule has 1 aromatic heterocycles. The van der Waals surface area contributed by atoms with Gasteiger partial charge in [-0.25, -0.2) is 4.98 Å². The highest BCUT2D eigenvalue weighted by molar-refractivity contribution is 7.11. The first-order valence-electron chi connectivity index (χ1n) is 7.52. The van der Waals surface area contributed by atoms with Crippen LogP contribution in [0.4, 0.5) is 0 Å². The number of hydrogen-bond donors (Lipinski definition) is 1. The number of piperidine rings is 1. The van der Waals surface area contributed by atoms with E-state index < -0.39 is 5.54 Å². The summed E-state index contributed by atoms with van der Waals surface area (Å²) >= 11 is 1.78. The molecule has 1 saturated carbocycles. The molecule has 1 atom stereocenters. The van der Waals surface area contributed by atoms with Gasteiger partial charge in [0, 0.05) is 23.9 Å². The number of aryl methyl sites for hydroxylation is 2. The Morgan fingerprint density at radius 3 is 2.70 bits per heavy atom. The quantitative estimate of drug-likeness (QED) is 0.910. The molecule has 1 aromatic rings. The summed E-state index contributed by atoms with van der Waals surface area (Å²) in [5.41, 5.74) is 6.75. The number of thiazole rings is 1. The van der Waals surface area contributed by atoms with Gasteiger partial charge >= 0.3 is 0 Å². The van der Waals surface area contributed by atoms with Crippen LogP contribution in [-0.2, 0) is 4.79 Å². The van der Waals surface area contributed by atoms with Crippen LogP contribution in [0, 0.1) is 13.8 Å². The van der Waals surface area contributed by atoms with Gasteiger partial charge in [0.1, 0.15) is 0 Å². The van der Waals surface area contributed by atoms with E-state index in [0.29, 0.717) is 5.92 Å². The highest BCUT2D eigenvalue weighted by Crippen LogP contribution is 2.35. The monoisotopic (exact) mass is 293 g/mol. The lowest BCUT2D eigenvalue weighted by Crippen LogP contribution is -2.60. The molecule has 1 aliphatic carbocycles. The first-order valence-corrected chi connectivity index (χ1v) is 8.33. The molecule has 20 heavy (non-hydrogen) atoms. The second kappa shape index (κ2) is 5.11. The number of nitrogens with zero attached hydrogens (tertiary/aromatic N) is 2. The number of likely N-dealkylation sites (tertiary alicyclic amines) is 1. The van der Waals surface area contributed by atoms with Crippen LogP contribution < -0.4 is 5.73 Å². The van der Waals surface area contributed by atoms with E-state index in [1.165, 1.54) is 9.88 Å². The normalized spacial score (nSPS) is 25.4. The summed E-state index contributed by atoms with van der Waals surface area (Å²) < 4.78 is 0. The summed E-state index contributed by atoms with van der Waals surface area (Å²) in [6, 6.07) is 0. The molecule has 0 aromatic carbocycles. The zero-order chi connectivity index (χ0) is 14.3. The number of carbonyl (C=O) groups excluding carboxylic acids is 1. The number of nitrogens with two attached hydrogens (primary N) is 1. The minimum atomic E-state index is -0.559. The lowest BCUT2D eigenvalue weighted by Gasteiger charge is -2.42. The Balaban J connectivity index is 1.71. The van der Waals surface area contributed by atoms with Gasteiger partial charge in [-0.3, -0.25) is 4.79 Å². The Morgan fingerprint density at radius 1 is 1.40 bits per heavy atom. The zero-order valence-corrected chi connectivity index (χ0v) is 13.1. The van der Waals surface area contributed by atoms with Crippen LogP contribution in [0.25, 0.3) is 0 Å². The molecule has 1 unspecified atom stereocenters. The van der Waals surface area contributed by atoms with E-state index in [2.05, 4.69) is 18.8 Å². The summed E-state index contributed by atoms with van der Waals surface area (Å²) in [6.45, 7) is 5.83. The SMILES string of the molecule is Cc1nc(C2CCCN(C(=O)C3(N)CCC3)C2)sc1C. The molecule has 110 valence electrons. The largest absolute Gasteiger partial charge is 0.340 e. The average molecular weight is 293 g/mol. The van der Waals surface area contributed by atoms with Gasteiger partial charge in [0.15, 0.2) is 0 Å². The number of rotatable bonds is 2. The fourth-order valence-electron chi connectivity index (χ4n) is 3.12. The van der Waals surface area contributed by atoms with Crippen LogP contribution in [0.3, 0.4) is 0 Å². The molecule has 2 aliphatic rings. The molecule has 2 fully saturated rings. The first-order chi connectivity index (χ1) is 9.49. The van der Waals surface area contributed by atoms with Crippen molar-refractivity contribution in [1.29, 1.82) is 0 Å². The van der Waals surface area contributed by atoms with E-state index in [1.54, 1.807) is 11.3 Å². The van der Waals surface area contributed by atoms with Crippen molar-refractivity contribution in [1.82, 2.24) is 9.88 Å². The smallest absolute Gasteiger partial charge is 0.242 e. The predicted molar refractivity (Wildman–Crippen MR) is 80.9 cm³/mol. The molecular weight excluding hydrogens is 270 g/mol. The van der Waals surface area contributed by atoms with Crippen LogP contribution in [0.1, 0.15) is 53.6 Å². The third kappa shape index (κ3) is 2.37. The summed E-state index contributed by atoms with van der Waals surface area (Å²) in [6.07, 6.45) is 4.98. The number of amides is 1. The van der Waals surface area contributed by atoms with Crippen molar-refractivity contribution >= 4 is 17.2 Å². The van der Waals surface area contributed by atoms with Gasteiger partial charge in [0.05, 0.1) is 16.2 Å². The highest BCUT2D eigenvalue weighted by Gasteiger charge is 2.43. The molecule has 2 heterocycles. The Morgan fingerprint density at radius 2 is 2.15 bits per heavy atom. The lowest BCUT2D eigenvalue weighted by atomic mass is 9.76. The van der Waals surface area contributed by atoms with E-state index in [-0.39, 0.29) is 5.91 Å². The Hall–Kier alpha value is -0.940. The van der Waals surface area contributed by atoms with Crippen LogP contribution in [-0.4, -0.2) is 34.4 Å². The lowest BCUT2D eigenvalue weighted by molar-refractivity contribution is -0.141. The number of aromatic nitrogens is 1. The van der Waals surface area contributed by atoms with Crippen LogP contribution in [0.5, 0.6) is 0 Å². The third-order valence-electron chi connectivity index (χ3n) is 4.77. The van der Waals surface area contributed by atoms with E-state index >= 15 is 0 Å². The summed E-state index contributed by atoms with van der Waals surface area (Å²) in [4.78, 5) is 20.5. The zero-order valence-electron chi connectivity index (χ0n) is 12.3. The van der Waals surface area contributed by atoms with Crippen molar-refractivity contribution in [2.75, 3.05) is 13.1 Å². The predicted octanol–water partition coefficient (Wildman–Crippen LogP) is 2.35. The van der Waals surface area contributed by atoms with Gasteiger partial charge in [-0.05, 0) is 46.0 Å². The van der Waals surface area contributed by atoms with Crippen molar-refractivity contribution < 1.29 is 4.79 Å². The summed E-state index contributed by atoms with van der Waals surface area (Å²) in [7, 11) is 0. The minimum absolute atomic E-state index is 0.165. The van der Waals surface area contributed by atoms with Crippen molar-refractivity contribution in [3.05, 3.63) is 15.6 Å². The maximum Gasteiger partial charge on any atom is 0.242 e. The second-order valence-corrected chi connectivity index (χ2v) is 7.53. The van der Waals surface area contributed by atoms with Gasteiger partial charge < -0.3 is 10.6 Å². The van der Waals surface area contributed by atoms with Gasteiger partial charge in [-0.1, -0.05) is 0 Å². The molecule has 4 nitrogen and oxygen atoms in total. The van der Waals surface area contributed by atoms with E-state index in [4.69, 9.17) is 5.73 Å². The van der Waals surface area contributed by atoms with E-state index in [9.17, 15) is 4.79 Å². The number of carbonyl (C=O) groups is 1. The third-order valence-corrected chi connectivity index (χ3v) is 6.01. The molecule has 0 bridgehead atoms. The Kier molecular flexibility index (Phi) is 3.58. The summed E-state index contributed by atoms with van der Waals surface area (Å²) in [5.74, 6) is 0.562. The topological polar surface area (TPSA) is 59.2 Å². The Labute approximate surface area is 124 Å². The molecule has 1 saturated heterocycles. The minimum Gasteiger partial charge on any atom is -0.340 e. The molecule has 1 aliphatic heterocycles. The van der Waals surface area contributed by atoms with Crippen molar-refractivity contribution in [2.45, 2.75) is 57.4 Å². The Bertz CT molecular complexity index is 502. The highest BCUT2D eigenvalue weighted by atomic mass is 32.1. The standard InChI is InChI=1S/C15H23N3OS/c1-10-11(2)20-13(17-10)12-5-3-8-18(9-12)14(19)15(16)6-4-7-15/h12H,3-9,16H2,1-2H3. The fourth-order valence-corrected chi connectivity index (χ4v) is 4.17. The van der Waals surface area contributed by atoms with Crippen molar-refractivity contribution in [3.8, 4) is 0 Å². The van der Waals surface area contributed by atoms with Gasteiger partial charge in [-0.2, -0.15) is 0 Å². The average Bonchev–Trinajstić information content (AvgIpc) is 2.75. The molecule has 0 radical (unpaired) electrons. The molecule has 2 N–H and O–H groups in total. The van der Waals surface area contributed by atoms with E-state index in [1.807, 2.05) is 4.90 Å². The molecule has 3 rings (SSSR count). The molecule has 0 spiro atoms.